The van der Waals surface area contributed by atoms with Crippen molar-refractivity contribution in [1.82, 2.24) is 0 Å². The summed E-state index contributed by atoms with van der Waals surface area (Å²) in [6.45, 7) is 4.44. The molecule has 0 saturated carbocycles. The van der Waals surface area contributed by atoms with Gasteiger partial charge in [-0.1, -0.05) is 126 Å². The van der Waals surface area contributed by atoms with E-state index in [0.717, 1.165) is 94.8 Å². The van der Waals surface area contributed by atoms with Crippen molar-refractivity contribution in [3.05, 3.63) is 143 Å². The maximum atomic E-state index is 7.31. The highest BCUT2D eigenvalue weighted by Gasteiger charge is 2.39. The van der Waals surface area contributed by atoms with Crippen LogP contribution in [0.15, 0.2) is 124 Å². The number of benzene rings is 5. The second-order valence-electron chi connectivity index (χ2n) is 14.1. The van der Waals surface area contributed by atoms with E-state index in [1.54, 1.807) is 14.2 Å². The van der Waals surface area contributed by atoms with Gasteiger partial charge in [0.25, 0.3) is 0 Å². The highest BCUT2D eigenvalue weighted by molar-refractivity contribution is 7.58. The molecule has 7 rings (SSSR count). The minimum absolute atomic E-state index is 0.219. The largest absolute Gasteiger partial charge is 0.497 e. The average Bonchev–Trinajstić information content (AvgIpc) is 3.56. The van der Waals surface area contributed by atoms with Crippen molar-refractivity contribution in [2.45, 2.75) is 82.6 Å². The predicted molar refractivity (Wildman–Crippen MR) is 222 cm³/mol. The molecule has 0 spiro atoms. The van der Waals surface area contributed by atoms with Crippen molar-refractivity contribution in [2.75, 3.05) is 20.4 Å². The molecule has 7 heteroatoms. The number of rotatable bonds is 15. The summed E-state index contributed by atoms with van der Waals surface area (Å²) < 4.78 is 33.2. The molecule has 53 heavy (non-hydrogen) atoms. The van der Waals surface area contributed by atoms with Crippen molar-refractivity contribution in [3.8, 4) is 11.5 Å². The molecule has 1 unspecified atom stereocenters. The van der Waals surface area contributed by atoms with Crippen LogP contribution in [-0.2, 0) is 12.8 Å². The van der Waals surface area contributed by atoms with Crippen molar-refractivity contribution < 1.29 is 22.4 Å². The zero-order valence-corrected chi connectivity index (χ0v) is 33.3. The molecule has 0 N–H and O–H groups in total. The van der Waals surface area contributed by atoms with Crippen LogP contribution >= 0.6 is 16.2 Å². The van der Waals surface area contributed by atoms with Crippen LogP contribution in [-0.4, -0.2) is 20.4 Å². The first-order valence-electron chi connectivity index (χ1n) is 19.3. The van der Waals surface area contributed by atoms with E-state index in [9.17, 15) is 0 Å². The lowest BCUT2D eigenvalue weighted by Crippen LogP contribution is -2.12. The fourth-order valence-electron chi connectivity index (χ4n) is 7.84. The van der Waals surface area contributed by atoms with Crippen molar-refractivity contribution in [2.24, 2.45) is 0 Å². The van der Waals surface area contributed by atoms with Crippen molar-refractivity contribution in [1.29, 1.82) is 0 Å². The minimum Gasteiger partial charge on any atom is -0.497 e. The van der Waals surface area contributed by atoms with Gasteiger partial charge in [-0.3, -0.25) is 4.52 Å². The first kappa shape index (κ1) is 37.3. The van der Waals surface area contributed by atoms with Crippen LogP contribution < -0.4 is 14.0 Å². The zero-order chi connectivity index (χ0) is 36.6. The molecule has 276 valence electrons. The van der Waals surface area contributed by atoms with Gasteiger partial charge in [0.15, 0.2) is 0 Å². The molecule has 1 aliphatic rings. The lowest BCUT2D eigenvalue weighted by atomic mass is 10.00. The molecule has 5 nitrogen and oxygen atoms in total. The van der Waals surface area contributed by atoms with E-state index in [2.05, 4.69) is 129 Å². The second-order valence-corrected chi connectivity index (χ2v) is 17.7. The fourth-order valence-corrected chi connectivity index (χ4v) is 12.9. The van der Waals surface area contributed by atoms with E-state index in [1.165, 1.54) is 24.0 Å². The van der Waals surface area contributed by atoms with Crippen LogP contribution in [0.2, 0.25) is 0 Å². The number of fused-ring (bicyclic) bond motifs is 3. The molecule has 1 saturated heterocycles. The van der Waals surface area contributed by atoms with Crippen LogP contribution in [0.25, 0.3) is 21.9 Å². The quantitative estimate of drug-likeness (QED) is 0.0980. The highest BCUT2D eigenvalue weighted by Crippen LogP contribution is 2.71. The van der Waals surface area contributed by atoms with Gasteiger partial charge in [0.05, 0.1) is 14.2 Å². The number of hydrogen-bond donors (Lipinski definition) is 0. The molecular weight excluding hydrogens is 694 g/mol. The minimum atomic E-state index is -1.85. The van der Waals surface area contributed by atoms with Crippen LogP contribution in [0.1, 0.15) is 97.6 Å². The maximum absolute atomic E-state index is 7.31. The van der Waals surface area contributed by atoms with E-state index in [0.29, 0.717) is 11.3 Å². The Bertz CT molecular complexity index is 1990. The molecule has 2 heterocycles. The van der Waals surface area contributed by atoms with E-state index in [1.807, 2.05) is 0 Å². The third kappa shape index (κ3) is 8.54. The second kappa shape index (κ2) is 17.9. The Hall–Kier alpha value is -4.01. The fraction of sp³-hybridized carbons (Fsp3) is 0.348. The molecule has 1 fully saturated rings. The number of hydrogen-bond acceptors (Lipinski definition) is 5. The molecular formula is C46H52O5P2. The lowest BCUT2D eigenvalue weighted by molar-refractivity contribution is 0.288. The summed E-state index contributed by atoms with van der Waals surface area (Å²) in [5.74, 6) is 1.61. The van der Waals surface area contributed by atoms with Crippen molar-refractivity contribution >= 4 is 38.1 Å². The maximum Gasteiger partial charge on any atom is 0.388 e. The van der Waals surface area contributed by atoms with E-state index < -0.39 is 16.2 Å². The molecule has 5 aromatic carbocycles. The highest BCUT2D eigenvalue weighted by atomic mass is 31.1. The van der Waals surface area contributed by atoms with Crippen LogP contribution in [0.3, 0.4) is 0 Å². The van der Waals surface area contributed by atoms with E-state index in [4.69, 9.17) is 22.4 Å². The average molecular weight is 747 g/mol. The van der Waals surface area contributed by atoms with Gasteiger partial charge in [0.2, 0.25) is 0 Å². The van der Waals surface area contributed by atoms with Gasteiger partial charge in [-0.05, 0) is 90.6 Å². The Kier molecular flexibility index (Phi) is 12.6. The summed E-state index contributed by atoms with van der Waals surface area (Å²) in [5, 5.41) is 1.92. The molecule has 1 aromatic heterocycles. The molecule has 6 aromatic rings. The van der Waals surface area contributed by atoms with Crippen LogP contribution in [0.5, 0.6) is 11.5 Å². The summed E-state index contributed by atoms with van der Waals surface area (Å²) in [6, 6.07) is 41.4. The Balaban J connectivity index is 1.41. The normalized spacial score (nSPS) is 16.6. The Labute approximate surface area is 317 Å². The number of aryl methyl sites for hydroxylation is 2. The van der Waals surface area contributed by atoms with Gasteiger partial charge in [0, 0.05) is 28.3 Å². The lowest BCUT2D eigenvalue weighted by Gasteiger charge is -2.30. The zero-order valence-electron chi connectivity index (χ0n) is 31.5. The van der Waals surface area contributed by atoms with Gasteiger partial charge in [-0.2, -0.15) is 0 Å². The number of methoxy groups -OCH3 is 2. The standard InChI is InChI=1S/C46H52O5P2/c1-5-7-18-36-28-38(47-3)30-40-41-31-39(48-4)29-37(19-8-6-2)46(41)51-53(50-45(36)40)49-42(33-20-12-9-13-21-33)32-52-43(34-22-14-10-15-23-34)26-27-44(52)35-24-16-11-17-25-35/h9-17,20-25,28-31,42-44H,5-8,18-19,26-27,32H2,1-4H3/t42?,43-,44-/m1/s1. The summed E-state index contributed by atoms with van der Waals surface area (Å²) in [6.07, 6.45) is 8.98. The molecule has 0 radical (unpaired) electrons. The summed E-state index contributed by atoms with van der Waals surface area (Å²) in [4.78, 5) is 0. The Morgan fingerprint density at radius 2 is 1.08 bits per heavy atom. The first-order valence-corrected chi connectivity index (χ1v) is 22.0. The first-order chi connectivity index (χ1) is 26.1. The number of ether oxygens (including phenoxy) is 2. The predicted octanol–water partition coefficient (Wildman–Crippen LogP) is 13.9. The van der Waals surface area contributed by atoms with E-state index in [-0.39, 0.29) is 6.10 Å². The van der Waals surface area contributed by atoms with Crippen LogP contribution in [0, 0.1) is 0 Å². The molecule has 0 aliphatic carbocycles. The monoisotopic (exact) mass is 746 g/mol. The molecule has 1 aliphatic heterocycles. The smallest absolute Gasteiger partial charge is 0.388 e. The van der Waals surface area contributed by atoms with Crippen molar-refractivity contribution in [3.63, 3.8) is 0 Å². The Morgan fingerprint density at radius 1 is 0.623 bits per heavy atom. The van der Waals surface area contributed by atoms with Gasteiger partial charge in [-0.25, -0.2) is 0 Å². The van der Waals surface area contributed by atoms with Gasteiger partial charge in [0.1, 0.15) is 28.8 Å². The number of unbranched alkanes of at least 4 members (excludes halogenated alkanes) is 2. The SMILES string of the molecule is CCCCc1cc(OC)cc2c1op(OC(CP1[C@@H](c3ccccc3)CC[C@@H]1c1ccccc1)c1ccccc1)oc1c(CCCC)cc(OC)cc12. The third-order valence-corrected chi connectivity index (χ3v) is 15.2. The molecule has 3 atom stereocenters. The van der Waals surface area contributed by atoms with Gasteiger partial charge < -0.3 is 17.9 Å². The topological polar surface area (TPSA) is 54.0 Å². The Morgan fingerprint density at radius 3 is 1.51 bits per heavy atom. The van der Waals surface area contributed by atoms with E-state index >= 15 is 0 Å². The summed E-state index contributed by atoms with van der Waals surface area (Å²) in [5.41, 5.74) is 8.85. The molecule has 0 bridgehead atoms. The van der Waals surface area contributed by atoms with Gasteiger partial charge >= 0.3 is 8.24 Å². The van der Waals surface area contributed by atoms with Crippen LogP contribution in [0.4, 0.5) is 0 Å². The summed E-state index contributed by atoms with van der Waals surface area (Å²) in [7, 11) is 1.08. The van der Waals surface area contributed by atoms with Gasteiger partial charge in [-0.15, -0.1) is 0 Å². The molecule has 0 amide bonds. The third-order valence-electron chi connectivity index (χ3n) is 10.6. The summed E-state index contributed by atoms with van der Waals surface area (Å²) >= 11 is 0.